The van der Waals surface area contributed by atoms with Gasteiger partial charge in [0.1, 0.15) is 24.6 Å². The van der Waals surface area contributed by atoms with Gasteiger partial charge in [0.15, 0.2) is 5.82 Å². The van der Waals surface area contributed by atoms with Crippen molar-refractivity contribution >= 4 is 23.3 Å². The van der Waals surface area contributed by atoms with Crippen LogP contribution in [0.3, 0.4) is 0 Å². The molecule has 0 aliphatic carbocycles. The van der Waals surface area contributed by atoms with Crippen LogP contribution >= 0.6 is 11.8 Å². The van der Waals surface area contributed by atoms with Crippen molar-refractivity contribution in [2.75, 3.05) is 0 Å². The van der Waals surface area contributed by atoms with E-state index in [9.17, 15) is 23.1 Å². The SMILES string of the molecule is O=C(C=C(O)c1cocc1Sc1ccc(C(F)(F)F)cc1)c1ncn[nH]1. The summed E-state index contributed by atoms with van der Waals surface area (Å²) in [6, 6.07) is 4.55. The van der Waals surface area contributed by atoms with E-state index in [1.807, 2.05) is 0 Å². The van der Waals surface area contributed by atoms with Crippen LogP contribution in [0.15, 0.2) is 63.4 Å². The summed E-state index contributed by atoms with van der Waals surface area (Å²) >= 11 is 1.08. The van der Waals surface area contributed by atoms with E-state index in [4.69, 9.17) is 4.42 Å². The lowest BCUT2D eigenvalue weighted by Crippen LogP contribution is -2.03. The molecule has 1 aromatic carbocycles. The summed E-state index contributed by atoms with van der Waals surface area (Å²) < 4.78 is 42.8. The quantitative estimate of drug-likeness (QED) is 0.388. The van der Waals surface area contributed by atoms with Gasteiger partial charge in [-0.1, -0.05) is 11.8 Å². The third-order valence-corrected chi connectivity index (χ3v) is 4.27. The molecule has 10 heteroatoms. The average molecular weight is 381 g/mol. The third-order valence-electron chi connectivity index (χ3n) is 3.23. The van der Waals surface area contributed by atoms with E-state index >= 15 is 0 Å². The van der Waals surface area contributed by atoms with Crippen LogP contribution < -0.4 is 0 Å². The fraction of sp³-hybridized carbons (Fsp3) is 0.0625. The molecule has 0 saturated carbocycles. The first-order valence-corrected chi connectivity index (χ1v) is 7.88. The fourth-order valence-corrected chi connectivity index (χ4v) is 2.88. The molecule has 0 fully saturated rings. The Morgan fingerprint density at radius 3 is 2.58 bits per heavy atom. The number of nitrogens with one attached hydrogen (secondary N) is 1. The van der Waals surface area contributed by atoms with Crippen molar-refractivity contribution in [1.29, 1.82) is 0 Å². The Morgan fingerprint density at radius 1 is 1.23 bits per heavy atom. The summed E-state index contributed by atoms with van der Waals surface area (Å²) in [7, 11) is 0. The van der Waals surface area contributed by atoms with E-state index in [-0.39, 0.29) is 17.1 Å². The van der Waals surface area contributed by atoms with Crippen molar-refractivity contribution in [2.45, 2.75) is 16.0 Å². The molecule has 3 aromatic rings. The predicted octanol–water partition coefficient (Wildman–Crippen LogP) is 4.35. The maximum atomic E-state index is 12.6. The molecule has 2 aromatic heterocycles. The van der Waals surface area contributed by atoms with Crippen LogP contribution in [0.25, 0.3) is 5.76 Å². The molecule has 0 amide bonds. The molecule has 0 spiro atoms. The molecule has 6 nitrogen and oxygen atoms in total. The first kappa shape index (κ1) is 17.8. The number of carbonyl (C=O) groups is 1. The minimum atomic E-state index is -4.41. The van der Waals surface area contributed by atoms with Crippen LogP contribution in [0.2, 0.25) is 0 Å². The highest BCUT2D eigenvalue weighted by molar-refractivity contribution is 7.99. The van der Waals surface area contributed by atoms with Crippen LogP contribution in [0.5, 0.6) is 0 Å². The smallest absolute Gasteiger partial charge is 0.416 e. The van der Waals surface area contributed by atoms with E-state index < -0.39 is 17.5 Å². The van der Waals surface area contributed by atoms with Gasteiger partial charge in [0, 0.05) is 11.0 Å². The number of aromatic amines is 1. The van der Waals surface area contributed by atoms with Gasteiger partial charge in [-0.15, -0.1) is 0 Å². The summed E-state index contributed by atoms with van der Waals surface area (Å²) in [6.07, 6.45) is 0.239. The largest absolute Gasteiger partial charge is 0.507 e. The third kappa shape index (κ3) is 3.97. The average Bonchev–Trinajstić information content (AvgIpc) is 3.26. The van der Waals surface area contributed by atoms with Gasteiger partial charge in [-0.3, -0.25) is 9.89 Å². The number of benzene rings is 1. The number of aromatic nitrogens is 3. The highest BCUT2D eigenvalue weighted by Crippen LogP contribution is 2.36. The topological polar surface area (TPSA) is 92.0 Å². The van der Waals surface area contributed by atoms with Gasteiger partial charge in [0.2, 0.25) is 5.78 Å². The van der Waals surface area contributed by atoms with E-state index in [0.29, 0.717) is 9.79 Å². The molecule has 3 rings (SSSR count). The summed E-state index contributed by atoms with van der Waals surface area (Å²) in [6.45, 7) is 0. The zero-order chi connectivity index (χ0) is 18.7. The summed E-state index contributed by atoms with van der Waals surface area (Å²) in [5, 5.41) is 16.1. The first-order valence-electron chi connectivity index (χ1n) is 7.06. The van der Waals surface area contributed by atoms with E-state index in [1.165, 1.54) is 24.7 Å². The van der Waals surface area contributed by atoms with Gasteiger partial charge >= 0.3 is 6.18 Å². The monoisotopic (exact) mass is 381 g/mol. The number of hydrogen-bond acceptors (Lipinski definition) is 6. The Bertz CT molecular complexity index is 932. The highest BCUT2D eigenvalue weighted by atomic mass is 32.2. The minimum absolute atomic E-state index is 0.0445. The Balaban J connectivity index is 1.79. The number of H-pyrrole nitrogens is 1. The molecule has 0 bridgehead atoms. The number of aliphatic hydroxyl groups is 1. The number of alkyl halides is 3. The normalized spacial score (nSPS) is 12.3. The molecule has 0 aliphatic heterocycles. The second-order valence-electron chi connectivity index (χ2n) is 5.00. The maximum Gasteiger partial charge on any atom is 0.416 e. The molecule has 26 heavy (non-hydrogen) atoms. The molecule has 0 unspecified atom stereocenters. The zero-order valence-electron chi connectivity index (χ0n) is 12.8. The Hall–Kier alpha value is -3.01. The van der Waals surface area contributed by atoms with Crippen molar-refractivity contribution in [3.05, 3.63) is 66.1 Å². The van der Waals surface area contributed by atoms with Crippen LogP contribution in [0.1, 0.15) is 21.7 Å². The van der Waals surface area contributed by atoms with Gasteiger partial charge in [-0.05, 0) is 24.3 Å². The van der Waals surface area contributed by atoms with Crippen molar-refractivity contribution in [3.8, 4) is 0 Å². The zero-order valence-corrected chi connectivity index (χ0v) is 13.6. The number of rotatable bonds is 5. The van der Waals surface area contributed by atoms with Crippen molar-refractivity contribution < 1.29 is 27.5 Å². The van der Waals surface area contributed by atoms with Gasteiger partial charge in [0.25, 0.3) is 0 Å². The Kier molecular flexibility index (Phi) is 4.85. The number of nitrogens with zero attached hydrogens (tertiary/aromatic N) is 2. The van der Waals surface area contributed by atoms with Crippen molar-refractivity contribution in [3.63, 3.8) is 0 Å². The van der Waals surface area contributed by atoms with Gasteiger partial charge in [0.05, 0.1) is 16.0 Å². The highest BCUT2D eigenvalue weighted by Gasteiger charge is 2.30. The summed E-state index contributed by atoms with van der Waals surface area (Å²) in [5.74, 6) is -1.00. The summed E-state index contributed by atoms with van der Waals surface area (Å²) in [5.41, 5.74) is -0.530. The predicted molar refractivity (Wildman–Crippen MR) is 85.6 cm³/mol. The molecular weight excluding hydrogens is 371 g/mol. The lowest BCUT2D eigenvalue weighted by molar-refractivity contribution is -0.137. The molecule has 2 heterocycles. The Morgan fingerprint density at radius 2 is 1.96 bits per heavy atom. The number of aliphatic hydroxyl groups excluding tert-OH is 1. The molecule has 0 aliphatic rings. The number of halogens is 3. The minimum Gasteiger partial charge on any atom is -0.507 e. The van der Waals surface area contributed by atoms with Gasteiger partial charge < -0.3 is 9.52 Å². The van der Waals surface area contributed by atoms with E-state index in [0.717, 1.165) is 36.3 Å². The number of allylic oxidation sites excluding steroid dienone is 1. The van der Waals surface area contributed by atoms with Crippen LogP contribution in [-0.4, -0.2) is 26.1 Å². The molecule has 0 saturated heterocycles. The second-order valence-corrected chi connectivity index (χ2v) is 6.12. The maximum absolute atomic E-state index is 12.6. The molecule has 0 atom stereocenters. The van der Waals surface area contributed by atoms with E-state index in [2.05, 4.69) is 15.2 Å². The van der Waals surface area contributed by atoms with Crippen LogP contribution in [0, 0.1) is 0 Å². The number of carbonyl (C=O) groups excluding carboxylic acids is 1. The molecular formula is C16H10F3N3O3S. The molecule has 2 N–H and O–H groups in total. The Labute approximate surface area is 148 Å². The van der Waals surface area contributed by atoms with Crippen LogP contribution in [0.4, 0.5) is 13.2 Å². The molecule has 134 valence electrons. The first-order chi connectivity index (χ1) is 12.3. The molecule has 0 radical (unpaired) electrons. The van der Waals surface area contributed by atoms with Crippen LogP contribution in [-0.2, 0) is 6.18 Å². The lowest BCUT2D eigenvalue weighted by atomic mass is 10.2. The van der Waals surface area contributed by atoms with Gasteiger partial charge in [-0.2, -0.15) is 18.3 Å². The van der Waals surface area contributed by atoms with Crippen molar-refractivity contribution in [1.82, 2.24) is 15.2 Å². The number of ketones is 1. The fourth-order valence-electron chi connectivity index (χ4n) is 1.98. The van der Waals surface area contributed by atoms with E-state index in [1.54, 1.807) is 0 Å². The standard InChI is InChI=1S/C16H10F3N3O3S/c17-16(18,19)9-1-3-10(4-2-9)26-14-7-25-6-11(14)12(23)5-13(24)15-20-8-21-22-15/h1-8,23H,(H,20,21,22). The number of furan rings is 1. The number of hydrogen-bond donors (Lipinski definition) is 2. The van der Waals surface area contributed by atoms with Crippen molar-refractivity contribution in [2.24, 2.45) is 0 Å². The lowest BCUT2D eigenvalue weighted by Gasteiger charge is -2.07. The summed E-state index contributed by atoms with van der Waals surface area (Å²) in [4.78, 5) is 16.5. The van der Waals surface area contributed by atoms with Gasteiger partial charge in [-0.25, -0.2) is 4.98 Å². The second kappa shape index (κ2) is 7.08.